The number of carbonyl (C=O) groups is 2. The van der Waals surface area contributed by atoms with E-state index in [1.165, 1.54) is 12.4 Å². The normalized spacial score (nSPS) is 14.6. The van der Waals surface area contributed by atoms with E-state index in [2.05, 4.69) is 20.6 Å². The molecule has 8 heteroatoms. The Balaban J connectivity index is 1.58. The first kappa shape index (κ1) is 17.6. The Bertz CT molecular complexity index is 761. The number of aromatic nitrogens is 2. The van der Waals surface area contributed by atoms with Crippen LogP contribution in [0.5, 0.6) is 0 Å². The quantitative estimate of drug-likeness (QED) is 0.756. The number of halogens is 2. The van der Waals surface area contributed by atoms with Crippen molar-refractivity contribution in [3.05, 3.63) is 58.1 Å². The summed E-state index contributed by atoms with van der Waals surface area (Å²) in [5, 5.41) is 6.45. The van der Waals surface area contributed by atoms with Gasteiger partial charge in [0.25, 0.3) is 11.8 Å². The maximum atomic E-state index is 12.3. The summed E-state index contributed by atoms with van der Waals surface area (Å²) in [5.74, 6) is -0.117. The highest BCUT2D eigenvalue weighted by Crippen LogP contribution is 2.32. The largest absolute Gasteiger partial charge is 0.350 e. The standard InChI is InChI=1S/C17H16Cl2N4O2/c18-14-5-3-11(7-20-14)16(24)22-9-13(10-1-2-10)23-17(25)12-4-6-15(19)21-8-12/h3-8,10,13H,1-2,9H2,(H,22,24)(H,23,25). The van der Waals surface area contributed by atoms with Crippen LogP contribution < -0.4 is 10.6 Å². The van der Waals surface area contributed by atoms with Gasteiger partial charge in [-0.25, -0.2) is 9.97 Å². The van der Waals surface area contributed by atoms with E-state index in [9.17, 15) is 9.59 Å². The van der Waals surface area contributed by atoms with Crippen molar-refractivity contribution in [1.29, 1.82) is 0 Å². The number of hydrogen-bond acceptors (Lipinski definition) is 4. The average Bonchev–Trinajstić information content (AvgIpc) is 3.44. The highest BCUT2D eigenvalue weighted by atomic mass is 35.5. The van der Waals surface area contributed by atoms with Crippen LogP contribution >= 0.6 is 23.2 Å². The van der Waals surface area contributed by atoms with E-state index in [-0.39, 0.29) is 17.9 Å². The van der Waals surface area contributed by atoms with Crippen LogP contribution in [0.25, 0.3) is 0 Å². The Morgan fingerprint density at radius 2 is 1.56 bits per heavy atom. The molecule has 1 fully saturated rings. The molecule has 2 amide bonds. The third-order valence-corrected chi connectivity index (χ3v) is 4.42. The lowest BCUT2D eigenvalue weighted by atomic mass is 10.1. The number of carbonyl (C=O) groups excluding carboxylic acids is 2. The summed E-state index contributed by atoms with van der Waals surface area (Å²) in [6.45, 7) is 0.346. The molecule has 0 aliphatic heterocycles. The molecule has 2 aromatic heterocycles. The Morgan fingerprint density at radius 1 is 1.00 bits per heavy atom. The zero-order valence-corrected chi connectivity index (χ0v) is 14.7. The van der Waals surface area contributed by atoms with Gasteiger partial charge in [0.2, 0.25) is 0 Å². The third kappa shape index (κ3) is 4.90. The third-order valence-electron chi connectivity index (χ3n) is 3.97. The van der Waals surface area contributed by atoms with Crippen LogP contribution in [0, 0.1) is 5.92 Å². The molecule has 0 saturated heterocycles. The molecule has 2 N–H and O–H groups in total. The van der Waals surface area contributed by atoms with Gasteiger partial charge in [0.15, 0.2) is 0 Å². The van der Waals surface area contributed by atoms with E-state index in [1.54, 1.807) is 24.3 Å². The minimum atomic E-state index is -0.253. The monoisotopic (exact) mass is 378 g/mol. The van der Waals surface area contributed by atoms with E-state index < -0.39 is 0 Å². The predicted octanol–water partition coefficient (Wildman–Crippen LogP) is 2.72. The van der Waals surface area contributed by atoms with Gasteiger partial charge in [0, 0.05) is 25.0 Å². The first-order chi connectivity index (χ1) is 12.0. The van der Waals surface area contributed by atoms with Gasteiger partial charge in [-0.3, -0.25) is 9.59 Å². The Morgan fingerprint density at radius 3 is 2.04 bits per heavy atom. The molecule has 25 heavy (non-hydrogen) atoms. The van der Waals surface area contributed by atoms with Gasteiger partial charge in [-0.05, 0) is 43.0 Å². The number of hydrogen-bond donors (Lipinski definition) is 2. The lowest BCUT2D eigenvalue weighted by molar-refractivity contribution is 0.0903. The van der Waals surface area contributed by atoms with E-state index in [1.807, 2.05) is 0 Å². The molecule has 0 bridgehead atoms. The molecular weight excluding hydrogens is 363 g/mol. The van der Waals surface area contributed by atoms with Gasteiger partial charge in [0.05, 0.1) is 11.1 Å². The van der Waals surface area contributed by atoms with Gasteiger partial charge in [-0.15, -0.1) is 0 Å². The van der Waals surface area contributed by atoms with Crippen molar-refractivity contribution in [2.75, 3.05) is 6.54 Å². The van der Waals surface area contributed by atoms with Crippen LogP contribution in [0.4, 0.5) is 0 Å². The second-order valence-electron chi connectivity index (χ2n) is 5.87. The molecule has 2 aromatic rings. The van der Waals surface area contributed by atoms with Crippen LogP contribution in [0.2, 0.25) is 10.3 Å². The molecule has 1 unspecified atom stereocenters. The maximum Gasteiger partial charge on any atom is 0.253 e. The number of pyridine rings is 2. The van der Waals surface area contributed by atoms with E-state index in [0.29, 0.717) is 33.9 Å². The summed E-state index contributed by atoms with van der Waals surface area (Å²) in [7, 11) is 0. The zero-order chi connectivity index (χ0) is 17.8. The minimum Gasteiger partial charge on any atom is -0.350 e. The van der Waals surface area contributed by atoms with Crippen molar-refractivity contribution < 1.29 is 9.59 Å². The van der Waals surface area contributed by atoms with E-state index in [0.717, 1.165) is 12.8 Å². The smallest absolute Gasteiger partial charge is 0.253 e. The number of nitrogens with one attached hydrogen (secondary N) is 2. The van der Waals surface area contributed by atoms with Crippen molar-refractivity contribution in [2.24, 2.45) is 5.92 Å². The lowest BCUT2D eigenvalue weighted by Gasteiger charge is -2.19. The van der Waals surface area contributed by atoms with E-state index >= 15 is 0 Å². The Labute approximate surface area is 155 Å². The second-order valence-corrected chi connectivity index (χ2v) is 6.64. The van der Waals surface area contributed by atoms with Crippen molar-refractivity contribution >= 4 is 35.0 Å². The molecule has 1 aliphatic rings. The first-order valence-corrected chi connectivity index (χ1v) is 8.60. The Hall–Kier alpha value is -2.18. The van der Waals surface area contributed by atoms with Crippen LogP contribution in [-0.4, -0.2) is 34.4 Å². The molecular formula is C17H16Cl2N4O2. The fourth-order valence-electron chi connectivity index (χ4n) is 2.41. The van der Waals surface area contributed by atoms with Crippen molar-refractivity contribution in [1.82, 2.24) is 20.6 Å². The van der Waals surface area contributed by atoms with Crippen LogP contribution in [-0.2, 0) is 0 Å². The summed E-state index contributed by atoms with van der Waals surface area (Å²) in [4.78, 5) is 32.3. The number of amides is 2. The van der Waals surface area contributed by atoms with Gasteiger partial charge >= 0.3 is 0 Å². The summed E-state index contributed by atoms with van der Waals surface area (Å²) in [5.41, 5.74) is 0.857. The minimum absolute atomic E-state index is 0.132. The molecule has 1 saturated carbocycles. The fourth-order valence-corrected chi connectivity index (χ4v) is 2.63. The van der Waals surface area contributed by atoms with Gasteiger partial charge in [0.1, 0.15) is 10.3 Å². The van der Waals surface area contributed by atoms with Gasteiger partial charge < -0.3 is 10.6 Å². The highest BCUT2D eigenvalue weighted by Gasteiger charge is 2.32. The maximum absolute atomic E-state index is 12.3. The SMILES string of the molecule is O=C(NCC(NC(=O)c1ccc(Cl)nc1)C1CC1)c1ccc(Cl)nc1. The van der Waals surface area contributed by atoms with Crippen LogP contribution in [0.3, 0.4) is 0 Å². The van der Waals surface area contributed by atoms with Gasteiger partial charge in [-0.2, -0.15) is 0 Å². The summed E-state index contributed by atoms with van der Waals surface area (Å²) in [6.07, 6.45) is 4.91. The first-order valence-electron chi connectivity index (χ1n) is 7.85. The van der Waals surface area contributed by atoms with Crippen molar-refractivity contribution in [2.45, 2.75) is 18.9 Å². The number of nitrogens with zero attached hydrogens (tertiary/aromatic N) is 2. The van der Waals surface area contributed by atoms with Crippen molar-refractivity contribution in [3.8, 4) is 0 Å². The topological polar surface area (TPSA) is 84.0 Å². The zero-order valence-electron chi connectivity index (χ0n) is 13.2. The molecule has 6 nitrogen and oxygen atoms in total. The van der Waals surface area contributed by atoms with Crippen LogP contribution in [0.15, 0.2) is 36.7 Å². The molecule has 1 aliphatic carbocycles. The molecule has 0 spiro atoms. The predicted molar refractivity (Wildman–Crippen MR) is 94.8 cm³/mol. The highest BCUT2D eigenvalue weighted by molar-refractivity contribution is 6.29. The van der Waals surface area contributed by atoms with E-state index in [4.69, 9.17) is 23.2 Å². The summed E-state index contributed by atoms with van der Waals surface area (Å²) < 4.78 is 0. The van der Waals surface area contributed by atoms with Crippen molar-refractivity contribution in [3.63, 3.8) is 0 Å². The fraction of sp³-hybridized carbons (Fsp3) is 0.294. The van der Waals surface area contributed by atoms with Crippen LogP contribution in [0.1, 0.15) is 33.6 Å². The Kier molecular flexibility index (Phi) is 5.50. The molecule has 3 rings (SSSR count). The lowest BCUT2D eigenvalue weighted by Crippen LogP contribution is -2.45. The molecule has 2 heterocycles. The average molecular weight is 379 g/mol. The molecule has 1 atom stereocenters. The van der Waals surface area contributed by atoms with Gasteiger partial charge in [-0.1, -0.05) is 23.2 Å². The molecule has 0 aromatic carbocycles. The summed E-state index contributed by atoms with van der Waals surface area (Å²) in [6, 6.07) is 6.22. The molecule has 0 radical (unpaired) electrons. The second kappa shape index (κ2) is 7.80. The summed E-state index contributed by atoms with van der Waals surface area (Å²) >= 11 is 11.4. The molecule has 130 valence electrons. The number of rotatable bonds is 6.